The number of hydrogen-bond acceptors (Lipinski definition) is 2. The number of aromatic nitrogens is 5. The lowest BCUT2D eigenvalue weighted by Gasteiger charge is -2.19. The van der Waals surface area contributed by atoms with E-state index in [-0.39, 0.29) is 0 Å². The van der Waals surface area contributed by atoms with Gasteiger partial charge in [-0.15, -0.1) is 0 Å². The molecule has 5 heteroatoms. The molecule has 0 radical (unpaired) electrons. The molecule has 0 bridgehead atoms. The molecule has 0 aliphatic heterocycles. The van der Waals surface area contributed by atoms with Gasteiger partial charge in [0, 0.05) is 49.0 Å². The summed E-state index contributed by atoms with van der Waals surface area (Å²) in [5, 5.41) is 0. The minimum atomic E-state index is 0.372. The second-order valence-corrected chi connectivity index (χ2v) is 11.2. The number of hydrogen-bond donors (Lipinski definition) is 0. The van der Waals surface area contributed by atoms with Gasteiger partial charge in [0.2, 0.25) is 0 Å². The van der Waals surface area contributed by atoms with E-state index in [0.717, 1.165) is 49.1 Å². The van der Waals surface area contributed by atoms with Crippen molar-refractivity contribution in [3.05, 3.63) is 84.6 Å². The second-order valence-electron chi connectivity index (χ2n) is 11.2. The third-order valence-corrected chi connectivity index (χ3v) is 8.27. The highest BCUT2D eigenvalue weighted by molar-refractivity contribution is 5.83. The number of fused-ring (bicyclic) bond motifs is 1. The summed E-state index contributed by atoms with van der Waals surface area (Å²) >= 11 is 0. The zero-order valence-corrected chi connectivity index (χ0v) is 23.0. The highest BCUT2D eigenvalue weighted by Gasteiger charge is 2.26. The molecule has 0 atom stereocenters. The lowest BCUT2D eigenvalue weighted by molar-refractivity contribution is 0.467. The van der Waals surface area contributed by atoms with Crippen molar-refractivity contribution < 1.29 is 0 Å². The molecule has 196 valence electrons. The first-order valence-corrected chi connectivity index (χ1v) is 14.3. The maximum absolute atomic E-state index is 5.29. The Hall–Kier alpha value is -3.60. The molecular formula is C33H39N5. The molecule has 1 aliphatic carbocycles. The van der Waals surface area contributed by atoms with Crippen LogP contribution in [0.4, 0.5) is 0 Å². The van der Waals surface area contributed by atoms with Crippen LogP contribution in [0.25, 0.3) is 33.7 Å². The molecule has 0 N–H and O–H groups in total. The van der Waals surface area contributed by atoms with Crippen LogP contribution in [-0.2, 0) is 19.6 Å². The van der Waals surface area contributed by atoms with Crippen molar-refractivity contribution >= 4 is 11.0 Å². The van der Waals surface area contributed by atoms with Crippen molar-refractivity contribution in [3.8, 4) is 22.6 Å². The molecule has 5 nitrogen and oxygen atoms in total. The molecule has 0 spiro atoms. The summed E-state index contributed by atoms with van der Waals surface area (Å²) in [6.07, 6.45) is 10.4. The van der Waals surface area contributed by atoms with Crippen LogP contribution in [0.15, 0.2) is 73.1 Å². The molecule has 1 aliphatic rings. The summed E-state index contributed by atoms with van der Waals surface area (Å²) in [4.78, 5) is 9.70. The van der Waals surface area contributed by atoms with E-state index in [2.05, 4.69) is 106 Å². The number of nitrogens with zero attached hydrogens (tertiary/aromatic N) is 5. The normalized spacial score (nSPS) is 14.3. The second kappa shape index (κ2) is 10.6. The van der Waals surface area contributed by atoms with E-state index in [1.807, 2.05) is 6.20 Å². The summed E-state index contributed by atoms with van der Waals surface area (Å²) in [7, 11) is 0. The highest BCUT2D eigenvalue weighted by atomic mass is 15.1. The standard InChI is InChI=1S/C33H39N5/c1-24(2)32-28(33-35-29-16-9-10-17-30(29)38(33)23-26-12-7-8-13-26)22-31(27-14-5-4-6-15-27)37(32)20-11-19-36-21-18-34-25(36)3/h4-6,9-10,14-18,21-22,24,26H,7-8,11-13,19-20,23H2,1-3H3. The van der Waals surface area contributed by atoms with Gasteiger partial charge in [-0.2, -0.15) is 0 Å². The fraction of sp³-hybridized carbons (Fsp3) is 0.394. The van der Waals surface area contributed by atoms with Gasteiger partial charge >= 0.3 is 0 Å². The Kier molecular flexibility index (Phi) is 6.92. The molecule has 0 unspecified atom stereocenters. The van der Waals surface area contributed by atoms with Crippen LogP contribution >= 0.6 is 0 Å². The molecule has 6 rings (SSSR count). The lowest BCUT2D eigenvalue weighted by Crippen LogP contribution is -2.12. The molecule has 0 amide bonds. The minimum absolute atomic E-state index is 0.372. The molecule has 5 aromatic rings. The van der Waals surface area contributed by atoms with Crippen LogP contribution in [-0.4, -0.2) is 23.7 Å². The SMILES string of the molecule is Cc1nccn1CCCn1c(-c2ccccc2)cc(-c2nc3ccccc3n2CC2CCCC2)c1C(C)C. The fourth-order valence-electron chi connectivity index (χ4n) is 6.41. The Bertz CT molecular complexity index is 1510. The third-order valence-electron chi connectivity index (χ3n) is 8.27. The Morgan fingerprint density at radius 1 is 0.921 bits per heavy atom. The lowest BCUT2D eigenvalue weighted by atomic mass is 10.0. The topological polar surface area (TPSA) is 40.6 Å². The molecule has 0 saturated heterocycles. The van der Waals surface area contributed by atoms with E-state index in [1.54, 1.807) is 0 Å². The average molecular weight is 506 g/mol. The summed E-state index contributed by atoms with van der Waals surface area (Å²) in [5.41, 5.74) is 7.57. The number of benzene rings is 2. The zero-order chi connectivity index (χ0) is 26.1. The van der Waals surface area contributed by atoms with Gasteiger partial charge in [0.05, 0.1) is 11.0 Å². The largest absolute Gasteiger partial charge is 0.344 e. The summed E-state index contributed by atoms with van der Waals surface area (Å²) in [6.45, 7) is 9.71. The number of imidazole rings is 2. The van der Waals surface area contributed by atoms with Crippen molar-refractivity contribution in [2.75, 3.05) is 0 Å². The van der Waals surface area contributed by atoms with Crippen molar-refractivity contribution in [3.63, 3.8) is 0 Å². The summed E-state index contributed by atoms with van der Waals surface area (Å²) < 4.78 is 7.35. The number of para-hydroxylation sites is 2. The smallest absolute Gasteiger partial charge is 0.142 e. The van der Waals surface area contributed by atoms with Gasteiger partial charge in [-0.3, -0.25) is 0 Å². The molecule has 3 aromatic heterocycles. The third kappa shape index (κ3) is 4.70. The van der Waals surface area contributed by atoms with Gasteiger partial charge in [0.1, 0.15) is 11.6 Å². The van der Waals surface area contributed by atoms with Crippen molar-refractivity contribution in [1.29, 1.82) is 0 Å². The highest BCUT2D eigenvalue weighted by Crippen LogP contribution is 2.39. The van der Waals surface area contributed by atoms with Crippen molar-refractivity contribution in [2.24, 2.45) is 5.92 Å². The molecule has 1 fully saturated rings. The van der Waals surface area contributed by atoms with Gasteiger partial charge in [-0.05, 0) is 61.8 Å². The monoisotopic (exact) mass is 505 g/mol. The molecule has 38 heavy (non-hydrogen) atoms. The van der Waals surface area contributed by atoms with Crippen LogP contribution in [0.1, 0.15) is 63.4 Å². The Morgan fingerprint density at radius 3 is 2.42 bits per heavy atom. The summed E-state index contributed by atoms with van der Waals surface area (Å²) in [6, 6.07) is 22.0. The van der Waals surface area contributed by atoms with E-state index in [9.17, 15) is 0 Å². The number of rotatable bonds is 9. The van der Waals surface area contributed by atoms with Gasteiger partial charge in [-0.25, -0.2) is 9.97 Å². The maximum atomic E-state index is 5.29. The Morgan fingerprint density at radius 2 is 1.68 bits per heavy atom. The molecular weight excluding hydrogens is 466 g/mol. The van der Waals surface area contributed by atoms with Crippen LogP contribution in [0.3, 0.4) is 0 Å². The van der Waals surface area contributed by atoms with Crippen LogP contribution in [0, 0.1) is 12.8 Å². The van der Waals surface area contributed by atoms with E-state index in [1.165, 1.54) is 53.7 Å². The minimum Gasteiger partial charge on any atom is -0.344 e. The van der Waals surface area contributed by atoms with Crippen molar-refractivity contribution in [2.45, 2.75) is 78.4 Å². The average Bonchev–Trinajstić information content (AvgIpc) is 3.72. The van der Waals surface area contributed by atoms with Crippen molar-refractivity contribution in [1.82, 2.24) is 23.7 Å². The maximum Gasteiger partial charge on any atom is 0.142 e. The van der Waals surface area contributed by atoms with Crippen LogP contribution in [0.2, 0.25) is 0 Å². The van der Waals surface area contributed by atoms with Gasteiger partial charge in [0.15, 0.2) is 0 Å². The predicted molar refractivity (Wildman–Crippen MR) is 156 cm³/mol. The van der Waals surface area contributed by atoms with Crippen LogP contribution < -0.4 is 0 Å². The molecule has 1 saturated carbocycles. The first-order valence-electron chi connectivity index (χ1n) is 14.3. The zero-order valence-electron chi connectivity index (χ0n) is 23.0. The predicted octanol–water partition coefficient (Wildman–Crippen LogP) is 8.08. The fourth-order valence-corrected chi connectivity index (χ4v) is 6.41. The van der Waals surface area contributed by atoms with E-state index in [4.69, 9.17) is 4.98 Å². The Labute approximate surface area is 226 Å². The van der Waals surface area contributed by atoms with Crippen LogP contribution in [0.5, 0.6) is 0 Å². The van der Waals surface area contributed by atoms with Gasteiger partial charge < -0.3 is 13.7 Å². The first-order chi connectivity index (χ1) is 18.6. The molecule has 2 aromatic carbocycles. The van der Waals surface area contributed by atoms with E-state index < -0.39 is 0 Å². The van der Waals surface area contributed by atoms with Gasteiger partial charge in [-0.1, -0.05) is 69.2 Å². The van der Waals surface area contributed by atoms with E-state index in [0.29, 0.717) is 5.92 Å². The first kappa shape index (κ1) is 24.7. The molecule has 3 heterocycles. The summed E-state index contributed by atoms with van der Waals surface area (Å²) in [5.74, 6) is 3.31. The van der Waals surface area contributed by atoms with Gasteiger partial charge in [0.25, 0.3) is 0 Å². The quantitative estimate of drug-likeness (QED) is 0.203. The van der Waals surface area contributed by atoms with E-state index >= 15 is 0 Å². The Balaban J connectivity index is 1.48. The number of aryl methyl sites for hydroxylation is 2.